The summed E-state index contributed by atoms with van der Waals surface area (Å²) in [6, 6.07) is 5.21. The van der Waals surface area contributed by atoms with E-state index in [0.29, 0.717) is 25.2 Å². The van der Waals surface area contributed by atoms with Crippen molar-refractivity contribution in [2.75, 3.05) is 30.0 Å². The average molecular weight is 430 g/mol. The van der Waals surface area contributed by atoms with Gasteiger partial charge in [-0.1, -0.05) is 6.07 Å². The molecule has 0 unspecified atom stereocenters. The zero-order valence-corrected chi connectivity index (χ0v) is 16.4. The second-order valence-corrected chi connectivity index (χ2v) is 8.64. The quantitative estimate of drug-likeness (QED) is 0.578. The SMILES string of the molecule is CS(=O)(=O)N1Cc2ccc(Nc3ncc(C(F)(F)F)c(NCCCN)n3)cc2C1. The molecule has 12 heteroatoms. The van der Waals surface area contributed by atoms with E-state index < -0.39 is 21.8 Å². The van der Waals surface area contributed by atoms with Crippen molar-refractivity contribution < 1.29 is 21.6 Å². The first kappa shape index (κ1) is 21.3. The van der Waals surface area contributed by atoms with E-state index >= 15 is 0 Å². The summed E-state index contributed by atoms with van der Waals surface area (Å²) >= 11 is 0. The zero-order valence-electron chi connectivity index (χ0n) is 15.6. The maximum absolute atomic E-state index is 13.2. The van der Waals surface area contributed by atoms with Crippen molar-refractivity contribution in [3.05, 3.63) is 41.1 Å². The maximum atomic E-state index is 13.2. The molecule has 0 saturated heterocycles. The minimum absolute atomic E-state index is 0.00818. The third-order valence-electron chi connectivity index (χ3n) is 4.39. The number of rotatable bonds is 7. The summed E-state index contributed by atoms with van der Waals surface area (Å²) in [5, 5.41) is 5.52. The first-order valence-electron chi connectivity index (χ1n) is 8.80. The molecule has 1 aromatic carbocycles. The number of alkyl halides is 3. The molecule has 3 rings (SSSR count). The summed E-state index contributed by atoms with van der Waals surface area (Å²) in [6.45, 7) is 1.12. The Kier molecular flexibility index (Phi) is 5.96. The number of hydrogen-bond donors (Lipinski definition) is 3. The van der Waals surface area contributed by atoms with E-state index in [0.717, 1.165) is 23.6 Å². The molecule has 8 nitrogen and oxygen atoms in total. The van der Waals surface area contributed by atoms with Gasteiger partial charge >= 0.3 is 6.18 Å². The molecule has 0 bridgehead atoms. The summed E-state index contributed by atoms with van der Waals surface area (Å²) in [5.74, 6) is -0.334. The Balaban J connectivity index is 1.81. The summed E-state index contributed by atoms with van der Waals surface area (Å²) in [6.07, 6.45) is -2.23. The highest BCUT2D eigenvalue weighted by atomic mass is 32.2. The smallest absolute Gasteiger partial charge is 0.369 e. The van der Waals surface area contributed by atoms with Crippen LogP contribution >= 0.6 is 0 Å². The van der Waals surface area contributed by atoms with Gasteiger partial charge in [-0.3, -0.25) is 0 Å². The summed E-state index contributed by atoms with van der Waals surface area (Å²) < 4.78 is 64.3. The van der Waals surface area contributed by atoms with Crippen LogP contribution in [0, 0.1) is 0 Å². The third-order valence-corrected chi connectivity index (χ3v) is 5.59. The monoisotopic (exact) mass is 430 g/mol. The molecule has 158 valence electrons. The zero-order chi connectivity index (χ0) is 21.2. The molecule has 0 amide bonds. The number of nitrogens with zero attached hydrogens (tertiary/aromatic N) is 3. The van der Waals surface area contributed by atoms with E-state index in [1.165, 1.54) is 4.31 Å². The van der Waals surface area contributed by atoms with Gasteiger partial charge in [0.25, 0.3) is 0 Å². The van der Waals surface area contributed by atoms with Gasteiger partial charge in [0.05, 0.1) is 6.26 Å². The summed E-state index contributed by atoms with van der Waals surface area (Å²) in [4.78, 5) is 7.72. The van der Waals surface area contributed by atoms with Crippen LogP contribution in [0.4, 0.5) is 30.6 Å². The van der Waals surface area contributed by atoms with Crippen molar-refractivity contribution in [1.82, 2.24) is 14.3 Å². The lowest BCUT2D eigenvalue weighted by molar-refractivity contribution is -0.137. The van der Waals surface area contributed by atoms with Crippen molar-refractivity contribution in [3.8, 4) is 0 Å². The van der Waals surface area contributed by atoms with Crippen LogP contribution in [0.5, 0.6) is 0 Å². The third kappa shape index (κ3) is 5.14. The van der Waals surface area contributed by atoms with Crippen molar-refractivity contribution in [2.24, 2.45) is 5.73 Å². The van der Waals surface area contributed by atoms with Crippen LogP contribution in [0.1, 0.15) is 23.1 Å². The molecule has 0 saturated carbocycles. The van der Waals surface area contributed by atoms with E-state index in [1.54, 1.807) is 18.2 Å². The second-order valence-electron chi connectivity index (χ2n) is 6.66. The Morgan fingerprint density at radius 2 is 1.97 bits per heavy atom. The van der Waals surface area contributed by atoms with Crippen LogP contribution in [0.25, 0.3) is 0 Å². The number of aromatic nitrogens is 2. The van der Waals surface area contributed by atoms with Gasteiger partial charge in [0.1, 0.15) is 11.4 Å². The number of fused-ring (bicyclic) bond motifs is 1. The first-order valence-corrected chi connectivity index (χ1v) is 10.6. The van der Waals surface area contributed by atoms with Gasteiger partial charge in [-0.15, -0.1) is 0 Å². The minimum atomic E-state index is -4.59. The van der Waals surface area contributed by atoms with Gasteiger partial charge in [-0.25, -0.2) is 13.4 Å². The molecule has 29 heavy (non-hydrogen) atoms. The summed E-state index contributed by atoms with van der Waals surface area (Å²) in [7, 11) is -3.31. The van der Waals surface area contributed by atoms with Crippen LogP contribution in [0.3, 0.4) is 0 Å². The molecule has 2 heterocycles. The summed E-state index contributed by atoms with van der Waals surface area (Å²) in [5.41, 5.74) is 6.66. The number of hydrogen-bond acceptors (Lipinski definition) is 7. The fourth-order valence-corrected chi connectivity index (χ4v) is 3.64. The molecule has 1 aliphatic rings. The Labute approximate surface area is 166 Å². The number of nitrogens with two attached hydrogens (primary N) is 1. The number of nitrogens with one attached hydrogen (secondary N) is 2. The molecule has 0 spiro atoms. The fourth-order valence-electron chi connectivity index (χ4n) is 2.90. The Hall–Kier alpha value is -2.44. The van der Waals surface area contributed by atoms with Crippen LogP contribution in [-0.2, 0) is 29.3 Å². The largest absolute Gasteiger partial charge is 0.421 e. The van der Waals surface area contributed by atoms with E-state index in [2.05, 4.69) is 20.6 Å². The van der Waals surface area contributed by atoms with E-state index in [4.69, 9.17) is 5.73 Å². The van der Waals surface area contributed by atoms with Crippen LogP contribution in [0.2, 0.25) is 0 Å². The maximum Gasteiger partial charge on any atom is 0.421 e. The van der Waals surface area contributed by atoms with Gasteiger partial charge in [0.15, 0.2) is 0 Å². The Morgan fingerprint density at radius 3 is 2.62 bits per heavy atom. The fraction of sp³-hybridized carbons (Fsp3) is 0.412. The molecule has 0 aliphatic carbocycles. The lowest BCUT2D eigenvalue weighted by Gasteiger charge is -2.15. The predicted molar refractivity (Wildman–Crippen MR) is 103 cm³/mol. The van der Waals surface area contributed by atoms with Crippen LogP contribution < -0.4 is 16.4 Å². The molecule has 0 radical (unpaired) electrons. The van der Waals surface area contributed by atoms with Gasteiger partial charge in [0, 0.05) is 31.5 Å². The first-order chi connectivity index (χ1) is 13.6. The van der Waals surface area contributed by atoms with Crippen LogP contribution in [0.15, 0.2) is 24.4 Å². The number of sulfonamides is 1. The predicted octanol–water partition coefficient (Wildman–Crippen LogP) is 2.27. The highest BCUT2D eigenvalue weighted by Gasteiger charge is 2.35. The van der Waals surface area contributed by atoms with Crippen molar-refractivity contribution in [2.45, 2.75) is 25.7 Å². The van der Waals surface area contributed by atoms with E-state index in [9.17, 15) is 21.6 Å². The molecular formula is C17H21F3N6O2S. The molecular weight excluding hydrogens is 409 g/mol. The number of anilines is 3. The topological polar surface area (TPSA) is 113 Å². The van der Waals surface area contributed by atoms with Crippen LogP contribution in [-0.4, -0.2) is 42.0 Å². The molecule has 1 aliphatic heterocycles. The number of benzene rings is 1. The van der Waals surface area contributed by atoms with Gasteiger partial charge < -0.3 is 16.4 Å². The Morgan fingerprint density at radius 1 is 1.24 bits per heavy atom. The lowest BCUT2D eigenvalue weighted by Crippen LogP contribution is -2.23. The highest BCUT2D eigenvalue weighted by molar-refractivity contribution is 7.88. The second kappa shape index (κ2) is 8.13. The molecule has 1 aromatic heterocycles. The van der Waals surface area contributed by atoms with E-state index in [1.807, 2.05) is 0 Å². The van der Waals surface area contributed by atoms with Crippen molar-refractivity contribution in [1.29, 1.82) is 0 Å². The van der Waals surface area contributed by atoms with Gasteiger partial charge in [-0.2, -0.15) is 22.5 Å². The normalized spacial score (nSPS) is 14.7. The Bertz CT molecular complexity index is 997. The number of halogens is 3. The lowest BCUT2D eigenvalue weighted by atomic mass is 10.1. The van der Waals surface area contributed by atoms with Crippen molar-refractivity contribution >= 4 is 27.5 Å². The molecule has 2 aromatic rings. The molecule has 0 fully saturated rings. The van der Waals surface area contributed by atoms with Gasteiger partial charge in [-0.05, 0) is 36.2 Å². The minimum Gasteiger partial charge on any atom is -0.369 e. The highest BCUT2D eigenvalue weighted by Crippen LogP contribution is 2.34. The van der Waals surface area contributed by atoms with Gasteiger partial charge in [0.2, 0.25) is 16.0 Å². The van der Waals surface area contributed by atoms with Crippen molar-refractivity contribution in [3.63, 3.8) is 0 Å². The average Bonchev–Trinajstić information content (AvgIpc) is 3.05. The molecule has 4 N–H and O–H groups in total. The molecule has 0 atom stereocenters. The van der Waals surface area contributed by atoms with E-state index in [-0.39, 0.29) is 24.9 Å². The standard InChI is InChI=1S/C17H21F3N6O2S/c1-29(27,28)26-9-11-3-4-13(7-12(11)10-26)24-16-23-8-14(17(18,19)20)15(25-16)22-6-2-5-21/h3-4,7-8H,2,5-6,9-10,21H2,1H3,(H2,22,23,24,25).